The fourth-order valence-electron chi connectivity index (χ4n) is 1.61. The van der Waals surface area contributed by atoms with Crippen molar-refractivity contribution in [1.29, 1.82) is 0 Å². The van der Waals surface area contributed by atoms with Gasteiger partial charge in [0.15, 0.2) is 4.90 Å². The van der Waals surface area contributed by atoms with Crippen LogP contribution >= 0.6 is 15.9 Å². The Balaban J connectivity index is 3.14. The van der Waals surface area contributed by atoms with E-state index >= 15 is 0 Å². The van der Waals surface area contributed by atoms with Crippen LogP contribution in [0.4, 0.5) is 5.69 Å². The van der Waals surface area contributed by atoms with Gasteiger partial charge in [-0.2, -0.15) is 0 Å². The van der Waals surface area contributed by atoms with Crippen LogP contribution in [0.3, 0.4) is 0 Å². The quantitative estimate of drug-likeness (QED) is 0.449. The molecule has 0 aliphatic rings. The molecule has 0 unspecified atom stereocenters. The molecular weight excluding hydrogens is 350 g/mol. The van der Waals surface area contributed by atoms with Gasteiger partial charge < -0.3 is 5.32 Å². The Hall–Kier alpha value is -1.03. The molecule has 0 amide bonds. The van der Waals surface area contributed by atoms with Gasteiger partial charge in [0, 0.05) is 24.1 Å². The van der Waals surface area contributed by atoms with E-state index in [9.17, 15) is 18.5 Å². The van der Waals surface area contributed by atoms with Crippen LogP contribution in [0, 0.1) is 10.1 Å². The van der Waals surface area contributed by atoms with Crippen molar-refractivity contribution in [3.8, 4) is 0 Å². The van der Waals surface area contributed by atoms with E-state index < -0.39 is 20.6 Å². The first-order valence-electron chi connectivity index (χ1n) is 5.85. The molecule has 7 nitrogen and oxygen atoms in total. The molecule has 0 atom stereocenters. The van der Waals surface area contributed by atoms with Crippen LogP contribution in [0.1, 0.15) is 6.42 Å². The number of benzene rings is 1. The topological polar surface area (TPSA) is 92.6 Å². The smallest absolute Gasteiger partial charge is 0.289 e. The maximum atomic E-state index is 12.4. The first kappa shape index (κ1) is 17.0. The Kier molecular flexibility index (Phi) is 6.06. The summed E-state index contributed by atoms with van der Waals surface area (Å²) in [7, 11) is -0.700. The van der Waals surface area contributed by atoms with Gasteiger partial charge in [-0.15, -0.1) is 0 Å². The van der Waals surface area contributed by atoms with Gasteiger partial charge in [-0.25, -0.2) is 12.7 Å². The number of halogens is 1. The van der Waals surface area contributed by atoms with Crippen molar-refractivity contribution in [2.45, 2.75) is 11.3 Å². The molecule has 20 heavy (non-hydrogen) atoms. The van der Waals surface area contributed by atoms with Crippen LogP contribution in [0.2, 0.25) is 0 Å². The summed E-state index contributed by atoms with van der Waals surface area (Å²) in [4.78, 5) is 9.96. The zero-order chi connectivity index (χ0) is 15.3. The average molecular weight is 366 g/mol. The SMILES string of the molecule is CNCCCN(C)S(=O)(=O)c1cc(Br)ccc1[N+](=O)[O-]. The molecule has 0 aromatic heterocycles. The lowest BCUT2D eigenvalue weighted by Gasteiger charge is -2.17. The Morgan fingerprint density at radius 1 is 1.45 bits per heavy atom. The number of nitro groups is 1. The zero-order valence-electron chi connectivity index (χ0n) is 11.2. The lowest BCUT2D eigenvalue weighted by Crippen LogP contribution is -2.30. The van der Waals surface area contributed by atoms with Gasteiger partial charge in [0.25, 0.3) is 5.69 Å². The lowest BCUT2D eigenvalue weighted by atomic mass is 10.3. The minimum atomic E-state index is -3.88. The van der Waals surface area contributed by atoms with Crippen molar-refractivity contribution in [3.63, 3.8) is 0 Å². The molecule has 112 valence electrons. The summed E-state index contributed by atoms with van der Waals surface area (Å²) in [5.41, 5.74) is -0.423. The third kappa shape index (κ3) is 3.98. The third-order valence-electron chi connectivity index (χ3n) is 2.71. The summed E-state index contributed by atoms with van der Waals surface area (Å²) in [5.74, 6) is 0. The van der Waals surface area contributed by atoms with Crippen molar-refractivity contribution >= 4 is 31.6 Å². The van der Waals surface area contributed by atoms with E-state index in [0.29, 0.717) is 17.4 Å². The number of nitro benzene ring substituents is 1. The highest BCUT2D eigenvalue weighted by atomic mass is 79.9. The van der Waals surface area contributed by atoms with E-state index in [-0.39, 0.29) is 11.4 Å². The van der Waals surface area contributed by atoms with Gasteiger partial charge in [0.05, 0.1) is 4.92 Å². The molecule has 0 heterocycles. The van der Waals surface area contributed by atoms with Crippen molar-refractivity contribution < 1.29 is 13.3 Å². The van der Waals surface area contributed by atoms with Crippen molar-refractivity contribution in [2.24, 2.45) is 0 Å². The maximum Gasteiger partial charge on any atom is 0.289 e. The van der Waals surface area contributed by atoms with Crippen LogP contribution < -0.4 is 5.32 Å². The van der Waals surface area contributed by atoms with Crippen LogP contribution in [-0.2, 0) is 10.0 Å². The first-order valence-corrected chi connectivity index (χ1v) is 8.09. The fourth-order valence-corrected chi connectivity index (χ4v) is 3.51. The van der Waals surface area contributed by atoms with Gasteiger partial charge >= 0.3 is 0 Å². The number of sulfonamides is 1. The van der Waals surface area contributed by atoms with E-state index in [1.54, 1.807) is 7.05 Å². The Labute approximate surface area is 126 Å². The minimum Gasteiger partial charge on any atom is -0.320 e. The Bertz CT molecular complexity index is 591. The second-order valence-corrected chi connectivity index (χ2v) is 7.08. The van der Waals surface area contributed by atoms with E-state index in [1.165, 1.54) is 25.2 Å². The Morgan fingerprint density at radius 3 is 2.65 bits per heavy atom. The molecular formula is C11H16BrN3O4S. The van der Waals surface area contributed by atoms with Gasteiger partial charge in [0.2, 0.25) is 10.0 Å². The summed E-state index contributed by atoms with van der Waals surface area (Å²) < 4.78 is 26.4. The first-order chi connectivity index (χ1) is 9.30. The molecule has 0 bridgehead atoms. The number of nitrogens with one attached hydrogen (secondary N) is 1. The van der Waals surface area contributed by atoms with Gasteiger partial charge in [0.1, 0.15) is 0 Å². The lowest BCUT2D eigenvalue weighted by molar-refractivity contribution is -0.387. The highest BCUT2D eigenvalue weighted by Crippen LogP contribution is 2.29. The summed E-state index contributed by atoms with van der Waals surface area (Å²) in [6.07, 6.45) is 0.619. The number of hydrogen-bond donors (Lipinski definition) is 1. The molecule has 1 aromatic rings. The second kappa shape index (κ2) is 7.11. The summed E-state index contributed by atoms with van der Waals surface area (Å²) in [6.45, 7) is 0.952. The normalized spacial score (nSPS) is 11.8. The summed E-state index contributed by atoms with van der Waals surface area (Å²) in [5, 5.41) is 13.9. The van der Waals surface area contributed by atoms with Crippen molar-refractivity contribution in [3.05, 3.63) is 32.8 Å². The van der Waals surface area contributed by atoms with Crippen molar-refractivity contribution in [1.82, 2.24) is 9.62 Å². The number of nitrogens with zero attached hydrogens (tertiary/aromatic N) is 2. The highest BCUT2D eigenvalue weighted by molar-refractivity contribution is 9.10. The van der Waals surface area contributed by atoms with E-state index in [4.69, 9.17) is 0 Å². The standard InChI is InChI=1S/C11H16BrN3O4S/c1-13-6-3-7-14(2)20(18,19)11-8-9(12)4-5-10(11)15(16)17/h4-5,8,13H,3,6-7H2,1-2H3. The molecule has 0 saturated heterocycles. The van der Waals surface area contributed by atoms with Crippen molar-refractivity contribution in [2.75, 3.05) is 27.2 Å². The monoisotopic (exact) mass is 365 g/mol. The largest absolute Gasteiger partial charge is 0.320 e. The predicted molar refractivity (Wildman–Crippen MR) is 79.2 cm³/mol. The molecule has 0 aliphatic heterocycles. The van der Waals surface area contributed by atoms with Crippen LogP contribution in [0.25, 0.3) is 0 Å². The zero-order valence-corrected chi connectivity index (χ0v) is 13.6. The van der Waals surface area contributed by atoms with Gasteiger partial charge in [-0.3, -0.25) is 10.1 Å². The molecule has 1 N–H and O–H groups in total. The molecule has 0 saturated carbocycles. The molecule has 0 radical (unpaired) electrons. The molecule has 0 aliphatic carbocycles. The summed E-state index contributed by atoms with van der Waals surface area (Å²) in [6, 6.07) is 3.87. The minimum absolute atomic E-state index is 0.285. The molecule has 1 aromatic carbocycles. The third-order valence-corrected chi connectivity index (χ3v) is 5.09. The molecule has 9 heteroatoms. The van der Waals surface area contributed by atoms with E-state index in [1.807, 2.05) is 0 Å². The van der Waals surface area contributed by atoms with Gasteiger partial charge in [-0.1, -0.05) is 15.9 Å². The van der Waals surface area contributed by atoms with Crippen LogP contribution in [0.15, 0.2) is 27.6 Å². The Morgan fingerprint density at radius 2 is 2.10 bits per heavy atom. The fraction of sp³-hybridized carbons (Fsp3) is 0.455. The predicted octanol–water partition coefficient (Wildman–Crippen LogP) is 1.59. The van der Waals surface area contributed by atoms with Gasteiger partial charge in [-0.05, 0) is 32.1 Å². The molecule has 0 spiro atoms. The molecule has 1 rings (SSSR count). The van der Waals surface area contributed by atoms with E-state index in [0.717, 1.165) is 4.31 Å². The number of rotatable bonds is 7. The average Bonchev–Trinajstić information content (AvgIpc) is 2.38. The summed E-state index contributed by atoms with van der Waals surface area (Å²) >= 11 is 3.14. The second-order valence-electron chi connectivity index (χ2n) is 4.15. The maximum absolute atomic E-state index is 12.4. The molecule has 0 fully saturated rings. The number of hydrogen-bond acceptors (Lipinski definition) is 5. The van der Waals surface area contributed by atoms with Crippen LogP contribution in [0.5, 0.6) is 0 Å². The van der Waals surface area contributed by atoms with E-state index in [2.05, 4.69) is 21.2 Å². The highest BCUT2D eigenvalue weighted by Gasteiger charge is 2.29. The van der Waals surface area contributed by atoms with Crippen LogP contribution in [-0.4, -0.2) is 44.8 Å².